The number of amides is 1. The van der Waals surface area contributed by atoms with Gasteiger partial charge in [-0.05, 0) is 30.0 Å². The molecule has 0 bridgehead atoms. The number of aromatic amines is 1. The number of fused-ring (bicyclic) bond motifs is 1. The Morgan fingerprint density at radius 2 is 2.00 bits per heavy atom. The molecule has 0 aliphatic heterocycles. The standard InChI is InChI=1S/C17H17N3O3S/c21-15(18-9-7-12-4-3-11-24-12)8-10-20-14-6-2-1-5-13(14)16(22)19-17(20)23/h1-6,11H,7-10H2,(H,18,21)(H,19,22,23). The van der Waals surface area contributed by atoms with E-state index in [1.807, 2.05) is 17.5 Å². The summed E-state index contributed by atoms with van der Waals surface area (Å²) in [5, 5.41) is 5.30. The summed E-state index contributed by atoms with van der Waals surface area (Å²) in [5.41, 5.74) is -0.366. The number of aromatic nitrogens is 2. The maximum Gasteiger partial charge on any atom is 0.328 e. The fraction of sp³-hybridized carbons (Fsp3) is 0.235. The van der Waals surface area contributed by atoms with E-state index in [-0.39, 0.29) is 18.9 Å². The zero-order chi connectivity index (χ0) is 16.9. The quantitative estimate of drug-likeness (QED) is 0.711. The molecule has 0 fully saturated rings. The van der Waals surface area contributed by atoms with E-state index in [9.17, 15) is 14.4 Å². The second-order valence-corrected chi connectivity index (χ2v) is 6.39. The topological polar surface area (TPSA) is 84.0 Å². The van der Waals surface area contributed by atoms with Crippen molar-refractivity contribution in [3.63, 3.8) is 0 Å². The molecule has 1 amide bonds. The highest BCUT2D eigenvalue weighted by Gasteiger charge is 2.08. The molecule has 0 saturated heterocycles. The highest BCUT2D eigenvalue weighted by molar-refractivity contribution is 7.09. The van der Waals surface area contributed by atoms with Crippen molar-refractivity contribution in [3.8, 4) is 0 Å². The molecule has 0 spiro atoms. The minimum Gasteiger partial charge on any atom is -0.356 e. The second kappa shape index (κ2) is 7.27. The molecule has 6 nitrogen and oxygen atoms in total. The fourth-order valence-electron chi connectivity index (χ4n) is 2.55. The monoisotopic (exact) mass is 343 g/mol. The summed E-state index contributed by atoms with van der Waals surface area (Å²) in [6, 6.07) is 10.9. The van der Waals surface area contributed by atoms with Gasteiger partial charge in [0, 0.05) is 24.4 Å². The molecule has 0 unspecified atom stereocenters. The van der Waals surface area contributed by atoms with Gasteiger partial charge in [-0.3, -0.25) is 19.1 Å². The number of benzene rings is 1. The van der Waals surface area contributed by atoms with Gasteiger partial charge in [-0.2, -0.15) is 0 Å². The van der Waals surface area contributed by atoms with Gasteiger partial charge in [0.25, 0.3) is 5.56 Å². The van der Waals surface area contributed by atoms with Crippen molar-refractivity contribution < 1.29 is 4.79 Å². The molecule has 0 radical (unpaired) electrons. The third-order valence-electron chi connectivity index (χ3n) is 3.74. The summed E-state index contributed by atoms with van der Waals surface area (Å²) in [4.78, 5) is 39.3. The second-order valence-electron chi connectivity index (χ2n) is 5.36. The maximum atomic E-state index is 12.0. The molecule has 0 saturated carbocycles. The third kappa shape index (κ3) is 3.62. The van der Waals surface area contributed by atoms with Crippen LogP contribution < -0.4 is 16.6 Å². The number of nitrogens with one attached hydrogen (secondary N) is 2. The Morgan fingerprint density at radius 3 is 2.79 bits per heavy atom. The largest absolute Gasteiger partial charge is 0.356 e. The molecular formula is C17H17N3O3S. The summed E-state index contributed by atoms with van der Waals surface area (Å²) in [5.74, 6) is -0.117. The predicted molar refractivity (Wildman–Crippen MR) is 94.5 cm³/mol. The number of para-hydroxylation sites is 1. The average molecular weight is 343 g/mol. The van der Waals surface area contributed by atoms with Crippen LogP contribution in [0, 0.1) is 0 Å². The number of hydrogen-bond donors (Lipinski definition) is 2. The lowest BCUT2D eigenvalue weighted by Crippen LogP contribution is -2.33. The maximum absolute atomic E-state index is 12.0. The molecule has 3 aromatic rings. The van der Waals surface area contributed by atoms with Crippen LogP contribution in [0.15, 0.2) is 51.4 Å². The zero-order valence-electron chi connectivity index (χ0n) is 13.0. The lowest BCUT2D eigenvalue weighted by molar-refractivity contribution is -0.121. The molecule has 3 rings (SSSR count). The van der Waals surface area contributed by atoms with Crippen molar-refractivity contribution in [1.82, 2.24) is 14.9 Å². The van der Waals surface area contributed by atoms with Crippen LogP contribution >= 0.6 is 11.3 Å². The lowest BCUT2D eigenvalue weighted by Gasteiger charge is -2.09. The number of nitrogens with zero attached hydrogens (tertiary/aromatic N) is 1. The van der Waals surface area contributed by atoms with Gasteiger partial charge in [-0.1, -0.05) is 18.2 Å². The van der Waals surface area contributed by atoms with E-state index in [0.29, 0.717) is 17.4 Å². The number of carbonyl (C=O) groups excluding carboxylic acids is 1. The van der Waals surface area contributed by atoms with Crippen LogP contribution in [-0.2, 0) is 17.8 Å². The van der Waals surface area contributed by atoms with E-state index in [0.717, 1.165) is 6.42 Å². The molecule has 2 N–H and O–H groups in total. The van der Waals surface area contributed by atoms with E-state index < -0.39 is 11.2 Å². The Hall–Kier alpha value is -2.67. The average Bonchev–Trinajstić information content (AvgIpc) is 3.08. The molecule has 2 aromatic heterocycles. The summed E-state index contributed by atoms with van der Waals surface area (Å²) in [6.07, 6.45) is 0.978. The van der Waals surface area contributed by atoms with Crippen LogP contribution in [0.4, 0.5) is 0 Å². The highest BCUT2D eigenvalue weighted by Crippen LogP contribution is 2.08. The van der Waals surface area contributed by atoms with Gasteiger partial charge in [0.05, 0.1) is 10.9 Å². The van der Waals surface area contributed by atoms with Crippen molar-refractivity contribution in [2.75, 3.05) is 6.54 Å². The van der Waals surface area contributed by atoms with Gasteiger partial charge in [-0.25, -0.2) is 4.79 Å². The molecular weight excluding hydrogens is 326 g/mol. The molecule has 0 atom stereocenters. The molecule has 24 heavy (non-hydrogen) atoms. The van der Waals surface area contributed by atoms with Gasteiger partial charge in [0.1, 0.15) is 0 Å². The SMILES string of the molecule is O=C(CCn1c(=O)[nH]c(=O)c2ccccc21)NCCc1cccs1. The van der Waals surface area contributed by atoms with Crippen LogP contribution in [-0.4, -0.2) is 22.0 Å². The van der Waals surface area contributed by atoms with Crippen LogP contribution in [0.25, 0.3) is 10.9 Å². The molecule has 0 aliphatic rings. The Balaban J connectivity index is 1.64. The van der Waals surface area contributed by atoms with E-state index in [4.69, 9.17) is 0 Å². The Morgan fingerprint density at radius 1 is 1.17 bits per heavy atom. The van der Waals surface area contributed by atoms with E-state index >= 15 is 0 Å². The molecule has 2 heterocycles. The summed E-state index contributed by atoms with van der Waals surface area (Å²) >= 11 is 1.66. The predicted octanol–water partition coefficient (Wildman–Crippen LogP) is 1.50. The van der Waals surface area contributed by atoms with Crippen LogP contribution in [0.3, 0.4) is 0 Å². The van der Waals surface area contributed by atoms with Crippen LogP contribution in [0.5, 0.6) is 0 Å². The van der Waals surface area contributed by atoms with Gasteiger partial charge in [0.2, 0.25) is 5.91 Å². The minimum atomic E-state index is -0.495. The smallest absolute Gasteiger partial charge is 0.328 e. The Bertz CT molecular complexity index is 957. The molecule has 7 heteroatoms. The van der Waals surface area contributed by atoms with E-state index in [2.05, 4.69) is 10.3 Å². The normalized spacial score (nSPS) is 10.8. The first-order chi connectivity index (χ1) is 11.6. The van der Waals surface area contributed by atoms with Crippen LogP contribution in [0.2, 0.25) is 0 Å². The van der Waals surface area contributed by atoms with Crippen molar-refractivity contribution in [1.29, 1.82) is 0 Å². The van der Waals surface area contributed by atoms with Crippen molar-refractivity contribution in [2.45, 2.75) is 19.4 Å². The third-order valence-corrected chi connectivity index (χ3v) is 4.68. The van der Waals surface area contributed by atoms with Gasteiger partial charge < -0.3 is 5.32 Å². The summed E-state index contributed by atoms with van der Waals surface area (Å²) < 4.78 is 1.43. The Labute approximate surface area is 141 Å². The first kappa shape index (κ1) is 16.2. The zero-order valence-corrected chi connectivity index (χ0v) is 13.8. The van der Waals surface area contributed by atoms with E-state index in [1.54, 1.807) is 35.6 Å². The summed E-state index contributed by atoms with van der Waals surface area (Å²) in [6.45, 7) is 0.793. The Kier molecular flexibility index (Phi) is 4.90. The fourth-order valence-corrected chi connectivity index (χ4v) is 3.26. The highest BCUT2D eigenvalue weighted by atomic mass is 32.1. The first-order valence-electron chi connectivity index (χ1n) is 7.66. The molecule has 0 aliphatic carbocycles. The minimum absolute atomic E-state index is 0.117. The number of hydrogen-bond acceptors (Lipinski definition) is 4. The number of carbonyl (C=O) groups is 1. The van der Waals surface area contributed by atoms with Crippen molar-refractivity contribution >= 4 is 28.1 Å². The summed E-state index contributed by atoms with van der Waals surface area (Å²) in [7, 11) is 0. The van der Waals surface area contributed by atoms with Gasteiger partial charge in [-0.15, -0.1) is 11.3 Å². The number of aryl methyl sites for hydroxylation is 1. The number of thiophene rings is 1. The van der Waals surface area contributed by atoms with Crippen molar-refractivity contribution in [3.05, 3.63) is 67.5 Å². The van der Waals surface area contributed by atoms with Gasteiger partial charge >= 0.3 is 5.69 Å². The van der Waals surface area contributed by atoms with Crippen molar-refractivity contribution in [2.24, 2.45) is 0 Å². The van der Waals surface area contributed by atoms with E-state index in [1.165, 1.54) is 9.44 Å². The number of H-pyrrole nitrogens is 1. The number of rotatable bonds is 6. The lowest BCUT2D eigenvalue weighted by atomic mass is 10.2. The first-order valence-corrected chi connectivity index (χ1v) is 8.54. The molecule has 124 valence electrons. The van der Waals surface area contributed by atoms with Crippen LogP contribution in [0.1, 0.15) is 11.3 Å². The van der Waals surface area contributed by atoms with Gasteiger partial charge in [0.15, 0.2) is 0 Å². The molecule has 1 aromatic carbocycles.